The Balaban J connectivity index is 1.60. The molecule has 2 fully saturated rings. The third-order valence-electron chi connectivity index (χ3n) is 5.13. The van der Waals surface area contributed by atoms with E-state index in [4.69, 9.17) is 16.3 Å². The van der Waals surface area contributed by atoms with Crippen molar-refractivity contribution in [2.45, 2.75) is 59.2 Å². The topological polar surface area (TPSA) is 41.6 Å². The number of halogens is 1. The van der Waals surface area contributed by atoms with Crippen molar-refractivity contribution < 1.29 is 9.53 Å². The summed E-state index contributed by atoms with van der Waals surface area (Å²) >= 11 is 5.87. The van der Waals surface area contributed by atoms with Crippen LogP contribution in [0.2, 0.25) is 5.02 Å². The first-order chi connectivity index (χ1) is 11.2. The van der Waals surface area contributed by atoms with Gasteiger partial charge in [0.05, 0.1) is 0 Å². The van der Waals surface area contributed by atoms with E-state index in [0.717, 1.165) is 19.4 Å². The third kappa shape index (κ3) is 3.80. The molecule has 0 radical (unpaired) electrons. The van der Waals surface area contributed by atoms with Crippen LogP contribution in [-0.2, 0) is 0 Å². The Morgan fingerprint density at radius 1 is 1.29 bits per heavy atom. The molecule has 1 aromatic carbocycles. The molecule has 1 aliphatic carbocycles. The Labute approximate surface area is 149 Å². The molecular formula is C19H27ClN2O2. The minimum Gasteiger partial charge on any atom is -0.471 e. The van der Waals surface area contributed by atoms with E-state index >= 15 is 0 Å². The van der Waals surface area contributed by atoms with Crippen molar-refractivity contribution >= 4 is 17.6 Å². The van der Waals surface area contributed by atoms with Crippen LogP contribution in [0.3, 0.4) is 0 Å². The molecule has 2 aliphatic rings. The quantitative estimate of drug-likeness (QED) is 0.804. The van der Waals surface area contributed by atoms with Gasteiger partial charge in [-0.1, -0.05) is 32.4 Å². The number of amides is 2. The molecule has 0 aromatic heterocycles. The van der Waals surface area contributed by atoms with Gasteiger partial charge in [0, 0.05) is 17.6 Å². The first kappa shape index (κ1) is 17.4. The maximum atomic E-state index is 12.7. The summed E-state index contributed by atoms with van der Waals surface area (Å²) < 4.78 is 5.76. The zero-order valence-corrected chi connectivity index (χ0v) is 15.7. The average molecular weight is 351 g/mol. The van der Waals surface area contributed by atoms with Crippen molar-refractivity contribution in [1.82, 2.24) is 10.2 Å². The molecule has 0 spiro atoms. The molecule has 1 aromatic rings. The largest absolute Gasteiger partial charge is 0.471 e. The molecule has 24 heavy (non-hydrogen) atoms. The van der Waals surface area contributed by atoms with Crippen LogP contribution in [0.4, 0.5) is 4.79 Å². The summed E-state index contributed by atoms with van der Waals surface area (Å²) in [7, 11) is 0. The molecule has 2 bridgehead atoms. The third-order valence-corrected chi connectivity index (χ3v) is 5.38. The Morgan fingerprint density at radius 3 is 2.62 bits per heavy atom. The Kier molecular flexibility index (Phi) is 4.45. The Bertz CT molecular complexity index is 616. The monoisotopic (exact) mass is 350 g/mol. The second kappa shape index (κ2) is 6.14. The van der Waals surface area contributed by atoms with Crippen LogP contribution in [0.1, 0.15) is 47.0 Å². The van der Waals surface area contributed by atoms with Crippen LogP contribution >= 0.6 is 11.6 Å². The standard InChI is InChI=1S/C19H27ClN2O2/c1-13(24-16-7-5-14(20)6-8-16)21-17(23)22-12-19(4)10-15(22)9-18(2,3)11-19/h5-8,13,15H,9-12H2,1-4H3,(H,21,23). The number of carbonyl (C=O) groups is 1. The smallest absolute Gasteiger partial charge is 0.320 e. The van der Waals surface area contributed by atoms with Gasteiger partial charge in [-0.15, -0.1) is 0 Å². The fourth-order valence-corrected chi connectivity index (χ4v) is 4.83. The molecule has 1 saturated heterocycles. The molecule has 2 amide bonds. The summed E-state index contributed by atoms with van der Waals surface area (Å²) in [5.74, 6) is 0.695. The molecule has 4 nitrogen and oxygen atoms in total. The number of nitrogens with one attached hydrogen (secondary N) is 1. The van der Waals surface area contributed by atoms with Crippen LogP contribution < -0.4 is 10.1 Å². The van der Waals surface area contributed by atoms with Gasteiger partial charge in [-0.2, -0.15) is 0 Å². The number of hydrogen-bond acceptors (Lipinski definition) is 2. The molecule has 3 unspecified atom stereocenters. The maximum absolute atomic E-state index is 12.7. The van der Waals surface area contributed by atoms with Crippen LogP contribution in [-0.4, -0.2) is 29.7 Å². The predicted molar refractivity (Wildman–Crippen MR) is 96.3 cm³/mol. The van der Waals surface area contributed by atoms with Gasteiger partial charge in [0.25, 0.3) is 0 Å². The summed E-state index contributed by atoms with van der Waals surface area (Å²) in [4.78, 5) is 14.7. The highest BCUT2D eigenvalue weighted by Crippen LogP contribution is 2.52. The van der Waals surface area contributed by atoms with Crippen molar-refractivity contribution in [2.75, 3.05) is 6.54 Å². The molecular weight excluding hydrogens is 324 g/mol. The molecule has 1 N–H and O–H groups in total. The van der Waals surface area contributed by atoms with Crippen molar-refractivity contribution in [3.8, 4) is 5.75 Å². The van der Waals surface area contributed by atoms with Crippen LogP contribution in [0.5, 0.6) is 5.75 Å². The number of nitrogens with zero attached hydrogens (tertiary/aromatic N) is 1. The fourth-order valence-electron chi connectivity index (χ4n) is 4.70. The second-order valence-corrected chi connectivity index (χ2v) is 8.94. The molecule has 1 aliphatic heterocycles. The second-order valence-electron chi connectivity index (χ2n) is 8.51. The van der Waals surface area contributed by atoms with Crippen LogP contribution in [0, 0.1) is 10.8 Å². The molecule has 3 rings (SSSR count). The first-order valence-corrected chi connectivity index (χ1v) is 9.03. The predicted octanol–water partition coefficient (Wildman–Crippen LogP) is 4.68. The molecule has 5 heteroatoms. The number of benzene rings is 1. The van der Waals surface area contributed by atoms with E-state index < -0.39 is 0 Å². The zero-order valence-electron chi connectivity index (χ0n) is 14.9. The lowest BCUT2D eigenvalue weighted by Gasteiger charge is -2.39. The van der Waals surface area contributed by atoms with Gasteiger partial charge < -0.3 is 15.0 Å². The SMILES string of the molecule is CC(NC(=O)N1CC2(C)CC1CC(C)(C)C2)Oc1ccc(Cl)cc1. The summed E-state index contributed by atoms with van der Waals surface area (Å²) in [6.45, 7) is 9.61. The van der Waals surface area contributed by atoms with Crippen molar-refractivity contribution in [3.63, 3.8) is 0 Å². The summed E-state index contributed by atoms with van der Waals surface area (Å²) in [5, 5.41) is 3.64. The van der Waals surface area contributed by atoms with E-state index in [2.05, 4.69) is 26.1 Å². The minimum absolute atomic E-state index is 0.0251. The normalized spacial score (nSPS) is 29.2. The highest BCUT2D eigenvalue weighted by Gasteiger charge is 2.51. The fraction of sp³-hybridized carbons (Fsp3) is 0.632. The molecule has 3 atom stereocenters. The van der Waals surface area contributed by atoms with Crippen molar-refractivity contribution in [2.24, 2.45) is 10.8 Å². The van der Waals surface area contributed by atoms with Gasteiger partial charge in [0.2, 0.25) is 0 Å². The number of fused-ring (bicyclic) bond motifs is 2. The Hall–Kier alpha value is -1.42. The molecule has 1 heterocycles. The van der Waals surface area contributed by atoms with Gasteiger partial charge in [0.15, 0.2) is 6.23 Å². The zero-order chi connectivity index (χ0) is 17.5. The number of rotatable bonds is 3. The summed E-state index contributed by atoms with van der Waals surface area (Å²) in [6, 6.07) is 7.47. The summed E-state index contributed by atoms with van der Waals surface area (Å²) in [6.07, 6.45) is 2.97. The van der Waals surface area contributed by atoms with E-state index in [9.17, 15) is 4.79 Å². The minimum atomic E-state index is -0.389. The van der Waals surface area contributed by atoms with Crippen LogP contribution in [0.25, 0.3) is 0 Å². The van der Waals surface area contributed by atoms with E-state index in [1.165, 1.54) is 6.42 Å². The van der Waals surface area contributed by atoms with Crippen molar-refractivity contribution in [3.05, 3.63) is 29.3 Å². The Morgan fingerprint density at radius 2 is 1.96 bits per heavy atom. The van der Waals surface area contributed by atoms with Gasteiger partial charge >= 0.3 is 6.03 Å². The summed E-state index contributed by atoms with van der Waals surface area (Å²) in [5.41, 5.74) is 0.544. The van der Waals surface area contributed by atoms with E-state index in [-0.39, 0.29) is 17.7 Å². The van der Waals surface area contributed by atoms with Crippen molar-refractivity contribution in [1.29, 1.82) is 0 Å². The maximum Gasteiger partial charge on any atom is 0.320 e. The lowest BCUT2D eigenvalue weighted by molar-refractivity contribution is 0.125. The first-order valence-electron chi connectivity index (χ1n) is 8.65. The van der Waals surface area contributed by atoms with Gasteiger partial charge in [-0.25, -0.2) is 4.79 Å². The van der Waals surface area contributed by atoms with E-state index in [1.807, 2.05) is 11.8 Å². The van der Waals surface area contributed by atoms with E-state index in [0.29, 0.717) is 22.2 Å². The van der Waals surface area contributed by atoms with E-state index in [1.54, 1.807) is 24.3 Å². The van der Waals surface area contributed by atoms with Gasteiger partial charge in [-0.05, 0) is 61.3 Å². The lowest BCUT2D eigenvalue weighted by Crippen LogP contribution is -2.48. The number of ether oxygens (including phenoxy) is 1. The number of hydrogen-bond donors (Lipinski definition) is 1. The van der Waals surface area contributed by atoms with Gasteiger partial charge in [-0.3, -0.25) is 0 Å². The number of urea groups is 1. The number of likely N-dealkylation sites (tertiary alicyclic amines) is 1. The van der Waals surface area contributed by atoms with Gasteiger partial charge in [0.1, 0.15) is 5.75 Å². The number of carbonyl (C=O) groups excluding carboxylic acids is 1. The highest BCUT2D eigenvalue weighted by atomic mass is 35.5. The molecule has 132 valence electrons. The average Bonchev–Trinajstić information content (AvgIpc) is 2.70. The van der Waals surface area contributed by atoms with Crippen LogP contribution in [0.15, 0.2) is 24.3 Å². The highest BCUT2D eigenvalue weighted by molar-refractivity contribution is 6.30. The lowest BCUT2D eigenvalue weighted by atomic mass is 9.65. The molecule has 1 saturated carbocycles.